The summed E-state index contributed by atoms with van der Waals surface area (Å²) in [6.07, 6.45) is 55.1. The fourth-order valence-electron chi connectivity index (χ4n) is 5.48. The van der Waals surface area contributed by atoms with Crippen molar-refractivity contribution >= 4 is 11.9 Å². The minimum Gasteiger partial charge on any atom is -0.481 e. The Hall–Kier alpha value is -2.62. The van der Waals surface area contributed by atoms with Crippen LogP contribution in [0.1, 0.15) is 187 Å². The van der Waals surface area contributed by atoms with Gasteiger partial charge in [0.1, 0.15) is 6.10 Å². The average Bonchev–Trinajstić information content (AvgIpc) is 3.07. The van der Waals surface area contributed by atoms with Gasteiger partial charge in [-0.25, -0.2) is 0 Å². The van der Waals surface area contributed by atoms with Gasteiger partial charge in [0.05, 0.1) is 0 Å². The van der Waals surface area contributed by atoms with Crippen molar-refractivity contribution in [3.05, 3.63) is 72.9 Å². The predicted molar refractivity (Wildman–Crippen MR) is 208 cm³/mol. The maximum atomic E-state index is 12.6. The Balaban J connectivity index is 4.02. The summed E-state index contributed by atoms with van der Waals surface area (Å²) in [6, 6.07) is 0. The van der Waals surface area contributed by atoms with Crippen molar-refractivity contribution in [2.45, 2.75) is 193 Å². The van der Waals surface area contributed by atoms with Gasteiger partial charge < -0.3 is 9.84 Å². The molecule has 0 heterocycles. The lowest BCUT2D eigenvalue weighted by molar-refractivity contribution is -0.147. The largest absolute Gasteiger partial charge is 0.481 e. The Morgan fingerprint density at radius 2 is 0.938 bits per heavy atom. The van der Waals surface area contributed by atoms with Crippen LogP contribution < -0.4 is 0 Å². The lowest BCUT2D eigenvalue weighted by Gasteiger charge is -2.14. The van der Waals surface area contributed by atoms with Crippen LogP contribution in [0.5, 0.6) is 0 Å². The first-order valence-corrected chi connectivity index (χ1v) is 19.9. The molecule has 274 valence electrons. The summed E-state index contributed by atoms with van der Waals surface area (Å²) in [4.78, 5) is 23.3. The van der Waals surface area contributed by atoms with Crippen LogP contribution in [0.2, 0.25) is 0 Å². The van der Waals surface area contributed by atoms with E-state index in [0.717, 1.165) is 96.3 Å². The first kappa shape index (κ1) is 45.4. The highest BCUT2D eigenvalue weighted by Crippen LogP contribution is 2.15. The van der Waals surface area contributed by atoms with E-state index in [1.165, 1.54) is 64.2 Å². The summed E-state index contributed by atoms with van der Waals surface area (Å²) < 4.78 is 5.90. The molecule has 0 aromatic rings. The SMILES string of the molecule is CC/C=C\C/C=C\C/C=C\C/C=C\CCCCCCCCCCC(=O)OC(/C=C\C/C=C\CCCCC)CCCCCCCCC(=O)O. The summed E-state index contributed by atoms with van der Waals surface area (Å²) >= 11 is 0. The first-order chi connectivity index (χ1) is 23.6. The highest BCUT2D eigenvalue weighted by molar-refractivity contribution is 5.69. The van der Waals surface area contributed by atoms with E-state index in [1.54, 1.807) is 0 Å². The summed E-state index contributed by atoms with van der Waals surface area (Å²) in [5, 5.41) is 8.77. The van der Waals surface area contributed by atoms with Gasteiger partial charge >= 0.3 is 11.9 Å². The lowest BCUT2D eigenvalue weighted by atomic mass is 10.1. The molecule has 0 fully saturated rings. The van der Waals surface area contributed by atoms with Gasteiger partial charge in [-0.05, 0) is 89.5 Å². The van der Waals surface area contributed by atoms with Gasteiger partial charge in [0.15, 0.2) is 0 Å². The highest BCUT2D eigenvalue weighted by Gasteiger charge is 2.11. The van der Waals surface area contributed by atoms with Crippen LogP contribution in [0.15, 0.2) is 72.9 Å². The molecule has 0 aliphatic rings. The smallest absolute Gasteiger partial charge is 0.306 e. The Morgan fingerprint density at radius 1 is 0.500 bits per heavy atom. The fraction of sp³-hybridized carbons (Fsp3) is 0.682. The van der Waals surface area contributed by atoms with E-state index >= 15 is 0 Å². The number of esters is 1. The Labute approximate surface area is 297 Å². The molecule has 1 atom stereocenters. The van der Waals surface area contributed by atoms with Gasteiger partial charge in [-0.3, -0.25) is 9.59 Å². The molecular weight excluding hydrogens is 592 g/mol. The number of carboxylic acids is 1. The van der Waals surface area contributed by atoms with E-state index in [9.17, 15) is 9.59 Å². The van der Waals surface area contributed by atoms with E-state index in [4.69, 9.17) is 9.84 Å². The van der Waals surface area contributed by atoms with Gasteiger partial charge in [-0.2, -0.15) is 0 Å². The molecule has 1 N–H and O–H groups in total. The minimum absolute atomic E-state index is 0.0655. The van der Waals surface area contributed by atoms with Crippen molar-refractivity contribution in [3.8, 4) is 0 Å². The Bertz CT molecular complexity index is 892. The molecular formula is C44H74O4. The zero-order valence-electron chi connectivity index (χ0n) is 31.3. The summed E-state index contributed by atoms with van der Waals surface area (Å²) in [5.74, 6) is -0.772. The number of aliphatic carboxylic acids is 1. The molecule has 1 unspecified atom stereocenters. The van der Waals surface area contributed by atoms with Gasteiger partial charge in [0, 0.05) is 12.8 Å². The van der Waals surface area contributed by atoms with Crippen LogP contribution in [0, 0.1) is 0 Å². The quantitative estimate of drug-likeness (QED) is 0.0415. The molecule has 0 aromatic heterocycles. The van der Waals surface area contributed by atoms with Crippen LogP contribution in [0.3, 0.4) is 0 Å². The molecule has 0 spiro atoms. The second kappa shape index (κ2) is 38.8. The number of allylic oxidation sites excluding steroid dienone is 11. The molecule has 0 aliphatic carbocycles. The third-order valence-electron chi connectivity index (χ3n) is 8.40. The van der Waals surface area contributed by atoms with E-state index in [-0.39, 0.29) is 18.5 Å². The summed E-state index contributed by atoms with van der Waals surface area (Å²) in [7, 11) is 0. The normalized spacial score (nSPS) is 13.0. The fourth-order valence-corrected chi connectivity index (χ4v) is 5.48. The second-order valence-electron chi connectivity index (χ2n) is 13.1. The van der Waals surface area contributed by atoms with Gasteiger partial charge in [-0.1, -0.05) is 158 Å². The number of rotatable bonds is 35. The number of hydrogen-bond donors (Lipinski definition) is 1. The molecule has 48 heavy (non-hydrogen) atoms. The van der Waals surface area contributed by atoms with Crippen LogP contribution >= 0.6 is 0 Å². The zero-order chi connectivity index (χ0) is 35.0. The molecule has 4 heteroatoms. The van der Waals surface area contributed by atoms with E-state index in [1.807, 2.05) is 0 Å². The van der Waals surface area contributed by atoms with Crippen molar-refractivity contribution in [3.63, 3.8) is 0 Å². The van der Waals surface area contributed by atoms with E-state index in [0.29, 0.717) is 6.42 Å². The number of unbranched alkanes of at least 4 members (excludes halogenated alkanes) is 16. The number of hydrogen-bond acceptors (Lipinski definition) is 3. The Kier molecular flexibility index (Phi) is 36.7. The second-order valence-corrected chi connectivity index (χ2v) is 13.1. The van der Waals surface area contributed by atoms with Gasteiger partial charge in [0.2, 0.25) is 0 Å². The van der Waals surface area contributed by atoms with Gasteiger partial charge in [0.25, 0.3) is 0 Å². The van der Waals surface area contributed by atoms with Crippen LogP contribution in [0.4, 0.5) is 0 Å². The van der Waals surface area contributed by atoms with E-state index in [2.05, 4.69) is 86.8 Å². The summed E-state index contributed by atoms with van der Waals surface area (Å²) in [5.41, 5.74) is 0. The van der Waals surface area contributed by atoms with E-state index < -0.39 is 5.97 Å². The Morgan fingerprint density at radius 3 is 1.48 bits per heavy atom. The molecule has 0 saturated heterocycles. The molecule has 0 aliphatic heterocycles. The van der Waals surface area contributed by atoms with Crippen LogP contribution in [-0.2, 0) is 14.3 Å². The van der Waals surface area contributed by atoms with Crippen LogP contribution in [0.25, 0.3) is 0 Å². The summed E-state index contributed by atoms with van der Waals surface area (Å²) in [6.45, 7) is 4.39. The molecule has 0 bridgehead atoms. The standard InChI is InChI=1S/C44H74O4/c1-3-5-7-9-11-13-14-15-16-17-18-19-20-21-22-23-24-25-27-33-37-41-44(47)48-42(38-34-30-26-12-10-8-6-4-2)39-35-31-28-29-32-36-40-43(45)46/h5,7,11-13,15-16,18-19,26,34,38,42H,3-4,6,8-10,14,17,20-25,27-33,35-37,39-41H2,1-2H3,(H,45,46)/b7-5-,13-11-,16-15-,19-18-,26-12-,38-34-. The third kappa shape index (κ3) is 37.8. The van der Waals surface area contributed by atoms with Crippen LogP contribution in [-0.4, -0.2) is 23.1 Å². The molecule has 4 nitrogen and oxygen atoms in total. The monoisotopic (exact) mass is 667 g/mol. The average molecular weight is 667 g/mol. The molecule has 0 amide bonds. The van der Waals surface area contributed by atoms with Crippen molar-refractivity contribution in [2.24, 2.45) is 0 Å². The number of carbonyl (C=O) groups excluding carboxylic acids is 1. The number of carbonyl (C=O) groups is 2. The zero-order valence-corrected chi connectivity index (χ0v) is 31.3. The molecule has 0 radical (unpaired) electrons. The molecule has 0 rings (SSSR count). The number of ether oxygens (including phenoxy) is 1. The molecule has 0 saturated carbocycles. The molecule has 0 aromatic carbocycles. The van der Waals surface area contributed by atoms with Gasteiger partial charge in [-0.15, -0.1) is 0 Å². The van der Waals surface area contributed by atoms with Crippen molar-refractivity contribution in [2.75, 3.05) is 0 Å². The number of carboxylic acid groups (broad SMARTS) is 1. The minimum atomic E-state index is -0.706. The first-order valence-electron chi connectivity index (χ1n) is 19.9. The lowest BCUT2D eigenvalue weighted by Crippen LogP contribution is -2.16. The van der Waals surface area contributed by atoms with Crippen molar-refractivity contribution < 1.29 is 19.4 Å². The maximum Gasteiger partial charge on any atom is 0.306 e. The van der Waals surface area contributed by atoms with Crippen molar-refractivity contribution in [1.82, 2.24) is 0 Å². The highest BCUT2D eigenvalue weighted by atomic mass is 16.5. The third-order valence-corrected chi connectivity index (χ3v) is 8.40. The predicted octanol–water partition coefficient (Wildman–Crippen LogP) is 13.9. The maximum absolute atomic E-state index is 12.6. The van der Waals surface area contributed by atoms with Crippen molar-refractivity contribution in [1.29, 1.82) is 0 Å². The topological polar surface area (TPSA) is 63.6 Å².